The molecule has 0 bridgehead atoms. The first-order valence-corrected chi connectivity index (χ1v) is 4.11. The van der Waals surface area contributed by atoms with Gasteiger partial charge < -0.3 is 9.47 Å². The molecule has 1 unspecified atom stereocenters. The standard InChI is InChI=1S/C9H16O2/c1-7(2)4-9-10-5-8(3)6-11-9/h5,7,9H,4,6H2,1-3H3. The number of ether oxygens (including phenoxy) is 2. The molecule has 1 heterocycles. The minimum Gasteiger partial charge on any atom is -0.473 e. The van der Waals surface area contributed by atoms with E-state index in [1.54, 1.807) is 6.26 Å². The lowest BCUT2D eigenvalue weighted by Crippen LogP contribution is -2.22. The molecular formula is C9H16O2. The highest BCUT2D eigenvalue weighted by molar-refractivity contribution is 4.95. The monoisotopic (exact) mass is 156 g/mol. The molecular weight excluding hydrogens is 140 g/mol. The SMILES string of the molecule is CC1=COC(CC(C)C)OC1. The van der Waals surface area contributed by atoms with E-state index in [1.165, 1.54) is 0 Å². The van der Waals surface area contributed by atoms with Gasteiger partial charge >= 0.3 is 0 Å². The smallest absolute Gasteiger partial charge is 0.199 e. The second kappa shape index (κ2) is 3.77. The Kier molecular flexibility index (Phi) is 2.94. The molecule has 0 radical (unpaired) electrons. The van der Waals surface area contributed by atoms with Crippen molar-refractivity contribution in [1.29, 1.82) is 0 Å². The van der Waals surface area contributed by atoms with E-state index in [2.05, 4.69) is 13.8 Å². The van der Waals surface area contributed by atoms with Gasteiger partial charge in [-0.25, -0.2) is 0 Å². The Morgan fingerprint density at radius 2 is 2.36 bits per heavy atom. The van der Waals surface area contributed by atoms with Gasteiger partial charge in [-0.1, -0.05) is 13.8 Å². The maximum absolute atomic E-state index is 5.41. The van der Waals surface area contributed by atoms with Gasteiger partial charge in [0.1, 0.15) is 0 Å². The molecule has 1 rings (SSSR count). The summed E-state index contributed by atoms with van der Waals surface area (Å²) in [5, 5.41) is 0. The summed E-state index contributed by atoms with van der Waals surface area (Å²) in [5.41, 5.74) is 1.16. The molecule has 64 valence electrons. The molecule has 0 saturated heterocycles. The van der Waals surface area contributed by atoms with E-state index in [0.29, 0.717) is 5.92 Å². The van der Waals surface area contributed by atoms with Crippen LogP contribution >= 0.6 is 0 Å². The minimum absolute atomic E-state index is 0.0151. The Morgan fingerprint density at radius 3 is 2.82 bits per heavy atom. The van der Waals surface area contributed by atoms with Gasteiger partial charge in [-0.15, -0.1) is 0 Å². The van der Waals surface area contributed by atoms with Crippen LogP contribution < -0.4 is 0 Å². The van der Waals surface area contributed by atoms with Crippen LogP contribution in [0.25, 0.3) is 0 Å². The second-order valence-corrected chi connectivity index (χ2v) is 3.47. The van der Waals surface area contributed by atoms with Crippen molar-refractivity contribution in [2.75, 3.05) is 6.61 Å². The molecule has 0 fully saturated rings. The quantitative estimate of drug-likeness (QED) is 0.610. The Morgan fingerprint density at radius 1 is 1.64 bits per heavy atom. The highest BCUT2D eigenvalue weighted by atomic mass is 16.7. The minimum atomic E-state index is -0.0151. The first-order valence-electron chi connectivity index (χ1n) is 4.11. The summed E-state index contributed by atoms with van der Waals surface area (Å²) in [7, 11) is 0. The summed E-state index contributed by atoms with van der Waals surface area (Å²) in [5.74, 6) is 0.631. The topological polar surface area (TPSA) is 18.5 Å². The fourth-order valence-electron chi connectivity index (χ4n) is 0.998. The van der Waals surface area contributed by atoms with Crippen molar-refractivity contribution in [1.82, 2.24) is 0 Å². The van der Waals surface area contributed by atoms with Crippen LogP contribution in [0.5, 0.6) is 0 Å². The van der Waals surface area contributed by atoms with Crippen LogP contribution in [-0.4, -0.2) is 12.9 Å². The highest BCUT2D eigenvalue weighted by Crippen LogP contribution is 2.15. The molecule has 0 aromatic carbocycles. The van der Waals surface area contributed by atoms with E-state index in [4.69, 9.17) is 9.47 Å². The van der Waals surface area contributed by atoms with Gasteiger partial charge in [0.05, 0.1) is 12.9 Å². The molecule has 0 spiro atoms. The van der Waals surface area contributed by atoms with Crippen LogP contribution in [0.3, 0.4) is 0 Å². The van der Waals surface area contributed by atoms with E-state index in [-0.39, 0.29) is 6.29 Å². The number of hydrogen-bond donors (Lipinski definition) is 0. The van der Waals surface area contributed by atoms with E-state index in [9.17, 15) is 0 Å². The van der Waals surface area contributed by atoms with Gasteiger partial charge in [-0.05, 0) is 18.4 Å². The van der Waals surface area contributed by atoms with Crippen molar-refractivity contribution in [3.63, 3.8) is 0 Å². The molecule has 2 heteroatoms. The second-order valence-electron chi connectivity index (χ2n) is 3.47. The van der Waals surface area contributed by atoms with Crippen LogP contribution in [-0.2, 0) is 9.47 Å². The third-order valence-corrected chi connectivity index (χ3v) is 1.58. The molecule has 0 saturated carbocycles. The Labute approximate surface area is 68.2 Å². The van der Waals surface area contributed by atoms with E-state index in [0.717, 1.165) is 18.6 Å². The van der Waals surface area contributed by atoms with Gasteiger partial charge in [-0.2, -0.15) is 0 Å². The number of hydrogen-bond acceptors (Lipinski definition) is 2. The van der Waals surface area contributed by atoms with Crippen molar-refractivity contribution in [2.24, 2.45) is 5.92 Å². The summed E-state index contributed by atoms with van der Waals surface area (Å²) in [6.45, 7) is 7.05. The first kappa shape index (κ1) is 8.60. The molecule has 11 heavy (non-hydrogen) atoms. The molecule has 0 N–H and O–H groups in total. The van der Waals surface area contributed by atoms with Gasteiger partial charge in [-0.3, -0.25) is 0 Å². The zero-order valence-electron chi connectivity index (χ0n) is 7.46. The van der Waals surface area contributed by atoms with Crippen LogP contribution in [0.15, 0.2) is 11.8 Å². The lowest BCUT2D eigenvalue weighted by atomic mass is 10.1. The maximum Gasteiger partial charge on any atom is 0.199 e. The average Bonchev–Trinajstić information content (AvgIpc) is 1.93. The zero-order valence-corrected chi connectivity index (χ0v) is 7.46. The Bertz CT molecular complexity index is 150. The lowest BCUT2D eigenvalue weighted by Gasteiger charge is -2.23. The van der Waals surface area contributed by atoms with Crippen molar-refractivity contribution in [3.05, 3.63) is 11.8 Å². The van der Waals surface area contributed by atoms with Crippen molar-refractivity contribution in [3.8, 4) is 0 Å². The predicted molar refractivity (Wildman–Crippen MR) is 44.0 cm³/mol. The summed E-state index contributed by atoms with van der Waals surface area (Å²) in [6, 6.07) is 0. The van der Waals surface area contributed by atoms with Crippen molar-refractivity contribution in [2.45, 2.75) is 33.5 Å². The van der Waals surface area contributed by atoms with Crippen molar-refractivity contribution < 1.29 is 9.47 Å². The zero-order chi connectivity index (χ0) is 8.27. The largest absolute Gasteiger partial charge is 0.473 e. The predicted octanol–water partition coefficient (Wildman–Crippen LogP) is 2.31. The highest BCUT2D eigenvalue weighted by Gasteiger charge is 2.14. The Balaban J connectivity index is 2.29. The fourth-order valence-corrected chi connectivity index (χ4v) is 0.998. The normalized spacial score (nSPS) is 24.7. The fraction of sp³-hybridized carbons (Fsp3) is 0.778. The van der Waals surface area contributed by atoms with Crippen LogP contribution in [0.4, 0.5) is 0 Å². The van der Waals surface area contributed by atoms with Gasteiger partial charge in [0.25, 0.3) is 0 Å². The molecule has 1 atom stereocenters. The molecule has 2 nitrogen and oxygen atoms in total. The molecule has 0 aromatic heterocycles. The molecule has 1 aliphatic heterocycles. The third kappa shape index (κ3) is 2.93. The van der Waals surface area contributed by atoms with E-state index < -0.39 is 0 Å². The summed E-state index contributed by atoms with van der Waals surface area (Å²) in [6.07, 6.45) is 2.76. The van der Waals surface area contributed by atoms with Crippen molar-refractivity contribution >= 4 is 0 Å². The van der Waals surface area contributed by atoms with Crippen LogP contribution in [0, 0.1) is 5.92 Å². The summed E-state index contributed by atoms with van der Waals surface area (Å²) < 4.78 is 10.7. The lowest BCUT2D eigenvalue weighted by molar-refractivity contribution is -0.124. The van der Waals surface area contributed by atoms with Gasteiger partial charge in [0.15, 0.2) is 6.29 Å². The molecule has 0 aliphatic carbocycles. The average molecular weight is 156 g/mol. The molecule has 1 aliphatic rings. The maximum atomic E-state index is 5.41. The summed E-state index contributed by atoms with van der Waals surface area (Å²) in [4.78, 5) is 0. The third-order valence-electron chi connectivity index (χ3n) is 1.58. The molecule has 0 amide bonds. The van der Waals surface area contributed by atoms with Gasteiger partial charge in [0, 0.05) is 6.42 Å². The number of rotatable bonds is 2. The molecule has 0 aromatic rings. The first-order chi connectivity index (χ1) is 5.18. The van der Waals surface area contributed by atoms with E-state index >= 15 is 0 Å². The van der Waals surface area contributed by atoms with E-state index in [1.807, 2.05) is 6.92 Å². The van der Waals surface area contributed by atoms with Gasteiger partial charge in [0.2, 0.25) is 0 Å². The summed E-state index contributed by atoms with van der Waals surface area (Å²) >= 11 is 0. The van der Waals surface area contributed by atoms with Crippen LogP contribution in [0.1, 0.15) is 27.2 Å². The Hall–Kier alpha value is -0.500. The van der Waals surface area contributed by atoms with Crippen LogP contribution in [0.2, 0.25) is 0 Å².